The first kappa shape index (κ1) is 15.7. The highest BCUT2D eigenvalue weighted by atomic mass is 79.9. The lowest BCUT2D eigenvalue weighted by Gasteiger charge is -2.02. The average Bonchev–Trinajstić information content (AvgIpc) is 2.93. The van der Waals surface area contributed by atoms with Crippen molar-refractivity contribution in [3.8, 4) is 11.5 Å². The van der Waals surface area contributed by atoms with Crippen molar-refractivity contribution in [1.82, 2.24) is 4.98 Å². The van der Waals surface area contributed by atoms with E-state index < -0.39 is 0 Å². The quantitative estimate of drug-likeness (QED) is 0.675. The Hall–Kier alpha value is -2.14. The third-order valence-corrected chi connectivity index (χ3v) is 4.44. The van der Waals surface area contributed by atoms with Gasteiger partial charge in [0, 0.05) is 22.1 Å². The molecule has 1 aromatic heterocycles. The van der Waals surface area contributed by atoms with Gasteiger partial charge >= 0.3 is 0 Å². The second-order valence-electron chi connectivity index (χ2n) is 5.46. The van der Waals surface area contributed by atoms with Crippen molar-refractivity contribution in [3.63, 3.8) is 0 Å². The molecule has 0 atom stereocenters. The Morgan fingerprint density at radius 1 is 1.26 bits per heavy atom. The highest BCUT2D eigenvalue weighted by Gasteiger charge is 2.10. The standard InChI is InChI=1S/C18H17BrN2O2/c1-3-4-17(22)20-13-6-8-16-15(10-13)21-18(23-16)12-5-7-14(19)11(2)9-12/h5-10H,3-4H2,1-2H3,(H,20,22). The lowest BCUT2D eigenvalue weighted by atomic mass is 10.1. The smallest absolute Gasteiger partial charge is 0.227 e. The molecule has 1 N–H and O–H groups in total. The molecule has 0 aliphatic carbocycles. The molecule has 1 heterocycles. The Labute approximate surface area is 143 Å². The average molecular weight is 373 g/mol. The molecule has 0 spiro atoms. The van der Waals surface area contributed by atoms with E-state index in [9.17, 15) is 4.79 Å². The van der Waals surface area contributed by atoms with Gasteiger partial charge in [-0.15, -0.1) is 0 Å². The number of amides is 1. The van der Waals surface area contributed by atoms with Crippen LogP contribution in [0.2, 0.25) is 0 Å². The topological polar surface area (TPSA) is 55.1 Å². The summed E-state index contributed by atoms with van der Waals surface area (Å²) in [6, 6.07) is 11.5. The highest BCUT2D eigenvalue weighted by molar-refractivity contribution is 9.10. The SMILES string of the molecule is CCCC(=O)Nc1ccc2oc(-c3ccc(Br)c(C)c3)nc2c1. The molecule has 0 aliphatic rings. The van der Waals surface area contributed by atoms with Crippen molar-refractivity contribution in [2.75, 3.05) is 5.32 Å². The van der Waals surface area contributed by atoms with Crippen molar-refractivity contribution in [1.29, 1.82) is 0 Å². The molecule has 0 radical (unpaired) electrons. The van der Waals surface area contributed by atoms with Crippen molar-refractivity contribution in [2.45, 2.75) is 26.7 Å². The van der Waals surface area contributed by atoms with Gasteiger partial charge in [-0.3, -0.25) is 4.79 Å². The molecule has 3 aromatic rings. The molecule has 5 heteroatoms. The maximum Gasteiger partial charge on any atom is 0.227 e. The number of oxazole rings is 1. The van der Waals surface area contributed by atoms with Gasteiger partial charge in [-0.2, -0.15) is 0 Å². The number of halogens is 1. The number of hydrogen-bond donors (Lipinski definition) is 1. The first-order valence-corrected chi connectivity index (χ1v) is 8.33. The second-order valence-corrected chi connectivity index (χ2v) is 6.32. The molecular weight excluding hydrogens is 356 g/mol. The van der Waals surface area contributed by atoms with Gasteiger partial charge in [0.15, 0.2) is 5.58 Å². The number of nitrogens with one attached hydrogen (secondary N) is 1. The number of anilines is 1. The predicted octanol–water partition coefficient (Wildman–Crippen LogP) is 5.30. The van der Waals surface area contributed by atoms with Crippen LogP contribution in [0, 0.1) is 6.92 Å². The van der Waals surface area contributed by atoms with E-state index in [1.807, 2.05) is 50.2 Å². The molecule has 2 aromatic carbocycles. The van der Waals surface area contributed by atoms with E-state index in [1.165, 1.54) is 0 Å². The first-order valence-electron chi connectivity index (χ1n) is 7.54. The third kappa shape index (κ3) is 3.45. The van der Waals surface area contributed by atoms with Crippen LogP contribution in [0.25, 0.3) is 22.6 Å². The molecule has 4 nitrogen and oxygen atoms in total. The van der Waals surface area contributed by atoms with E-state index in [2.05, 4.69) is 26.2 Å². The zero-order chi connectivity index (χ0) is 16.4. The van der Waals surface area contributed by atoms with E-state index in [0.717, 1.165) is 33.2 Å². The van der Waals surface area contributed by atoms with E-state index in [1.54, 1.807) is 0 Å². The maximum atomic E-state index is 11.7. The molecule has 3 rings (SSSR count). The van der Waals surface area contributed by atoms with Crippen LogP contribution in [-0.2, 0) is 4.79 Å². The molecule has 118 valence electrons. The fourth-order valence-corrected chi connectivity index (χ4v) is 2.60. The van der Waals surface area contributed by atoms with E-state index >= 15 is 0 Å². The number of hydrogen-bond acceptors (Lipinski definition) is 3. The summed E-state index contributed by atoms with van der Waals surface area (Å²) in [5, 5.41) is 2.87. The van der Waals surface area contributed by atoms with Gasteiger partial charge in [0.05, 0.1) is 0 Å². The molecular formula is C18H17BrN2O2. The van der Waals surface area contributed by atoms with Crippen LogP contribution in [0.3, 0.4) is 0 Å². The molecule has 0 fully saturated rings. The molecule has 23 heavy (non-hydrogen) atoms. The lowest BCUT2D eigenvalue weighted by molar-refractivity contribution is -0.116. The number of fused-ring (bicyclic) bond motifs is 1. The third-order valence-electron chi connectivity index (χ3n) is 3.55. The molecule has 0 saturated heterocycles. The van der Waals surface area contributed by atoms with Crippen LogP contribution in [0.1, 0.15) is 25.3 Å². The number of nitrogens with zero attached hydrogens (tertiary/aromatic N) is 1. The van der Waals surface area contributed by atoms with Gasteiger partial charge in [0.1, 0.15) is 5.52 Å². The van der Waals surface area contributed by atoms with Gasteiger partial charge in [-0.05, 0) is 55.3 Å². The largest absolute Gasteiger partial charge is 0.436 e. The van der Waals surface area contributed by atoms with Gasteiger partial charge in [-0.25, -0.2) is 4.98 Å². The number of aryl methyl sites for hydroxylation is 1. The molecule has 0 unspecified atom stereocenters. The van der Waals surface area contributed by atoms with Crippen molar-refractivity contribution in [2.24, 2.45) is 0 Å². The summed E-state index contributed by atoms with van der Waals surface area (Å²) in [6.45, 7) is 4.00. The van der Waals surface area contributed by atoms with Crippen LogP contribution in [-0.4, -0.2) is 10.9 Å². The maximum absolute atomic E-state index is 11.7. The number of carbonyl (C=O) groups is 1. The predicted molar refractivity (Wildman–Crippen MR) is 95.4 cm³/mol. The number of aromatic nitrogens is 1. The zero-order valence-corrected chi connectivity index (χ0v) is 14.6. The normalized spacial score (nSPS) is 10.9. The lowest BCUT2D eigenvalue weighted by Crippen LogP contribution is -2.10. The second kappa shape index (κ2) is 6.54. The Morgan fingerprint density at radius 3 is 2.83 bits per heavy atom. The van der Waals surface area contributed by atoms with Crippen LogP contribution in [0.4, 0.5) is 5.69 Å². The monoisotopic (exact) mass is 372 g/mol. The fourth-order valence-electron chi connectivity index (χ4n) is 2.36. The van der Waals surface area contributed by atoms with Crippen LogP contribution in [0.15, 0.2) is 45.3 Å². The minimum Gasteiger partial charge on any atom is -0.436 e. The Bertz CT molecular complexity index is 871. The minimum atomic E-state index is 0.0131. The molecule has 0 bridgehead atoms. The molecule has 0 aliphatic heterocycles. The highest BCUT2D eigenvalue weighted by Crippen LogP contribution is 2.28. The van der Waals surface area contributed by atoms with Crippen molar-refractivity contribution < 1.29 is 9.21 Å². The van der Waals surface area contributed by atoms with Gasteiger partial charge in [0.25, 0.3) is 0 Å². The Kier molecular flexibility index (Phi) is 4.48. The van der Waals surface area contributed by atoms with Crippen LogP contribution >= 0.6 is 15.9 Å². The summed E-state index contributed by atoms with van der Waals surface area (Å²) < 4.78 is 6.87. The van der Waals surface area contributed by atoms with E-state index in [-0.39, 0.29) is 5.91 Å². The Morgan fingerprint density at radius 2 is 2.09 bits per heavy atom. The fraction of sp³-hybridized carbons (Fsp3) is 0.222. The van der Waals surface area contributed by atoms with Gasteiger partial charge in [0.2, 0.25) is 11.8 Å². The zero-order valence-electron chi connectivity index (χ0n) is 13.0. The van der Waals surface area contributed by atoms with Crippen molar-refractivity contribution >= 4 is 38.6 Å². The van der Waals surface area contributed by atoms with E-state index in [4.69, 9.17) is 4.42 Å². The minimum absolute atomic E-state index is 0.0131. The molecule has 0 saturated carbocycles. The van der Waals surface area contributed by atoms with Crippen molar-refractivity contribution in [3.05, 3.63) is 46.4 Å². The summed E-state index contributed by atoms with van der Waals surface area (Å²) in [5.74, 6) is 0.590. The summed E-state index contributed by atoms with van der Waals surface area (Å²) in [7, 11) is 0. The summed E-state index contributed by atoms with van der Waals surface area (Å²) in [5.41, 5.74) is 4.22. The number of carbonyl (C=O) groups excluding carboxylic acids is 1. The summed E-state index contributed by atoms with van der Waals surface area (Å²) >= 11 is 3.49. The summed E-state index contributed by atoms with van der Waals surface area (Å²) in [4.78, 5) is 16.2. The summed E-state index contributed by atoms with van der Waals surface area (Å²) in [6.07, 6.45) is 1.34. The van der Waals surface area contributed by atoms with Gasteiger partial charge in [-0.1, -0.05) is 22.9 Å². The molecule has 1 amide bonds. The first-order chi connectivity index (χ1) is 11.1. The van der Waals surface area contributed by atoms with E-state index in [0.29, 0.717) is 17.9 Å². The number of rotatable bonds is 4. The van der Waals surface area contributed by atoms with Gasteiger partial charge < -0.3 is 9.73 Å². The van der Waals surface area contributed by atoms with Crippen LogP contribution < -0.4 is 5.32 Å². The Balaban J connectivity index is 1.92. The van der Waals surface area contributed by atoms with Crippen LogP contribution in [0.5, 0.6) is 0 Å². The number of benzene rings is 2.